The summed E-state index contributed by atoms with van der Waals surface area (Å²) in [4.78, 5) is 25.7. The van der Waals surface area contributed by atoms with Gasteiger partial charge < -0.3 is 15.0 Å². The molecule has 1 N–H and O–H groups in total. The number of carbonyl (C=O) groups excluding carboxylic acids is 2. The zero-order valence-electron chi connectivity index (χ0n) is 13.9. The topological polar surface area (TPSA) is 58.6 Å². The van der Waals surface area contributed by atoms with Crippen LogP contribution in [0.15, 0.2) is 24.3 Å². The lowest BCUT2D eigenvalue weighted by atomic mass is 9.96. The number of likely N-dealkylation sites (tertiary alicyclic amines) is 1. The van der Waals surface area contributed by atoms with Gasteiger partial charge in [0.25, 0.3) is 0 Å². The molecule has 1 heterocycles. The number of amides is 2. The van der Waals surface area contributed by atoms with Gasteiger partial charge in [-0.1, -0.05) is 18.2 Å². The van der Waals surface area contributed by atoms with E-state index in [4.69, 9.17) is 4.74 Å². The van der Waals surface area contributed by atoms with E-state index in [2.05, 4.69) is 5.32 Å². The second-order valence-electron chi connectivity index (χ2n) is 5.94. The summed E-state index contributed by atoms with van der Waals surface area (Å²) in [5, 5.41) is 2.56. The molecule has 5 nitrogen and oxygen atoms in total. The van der Waals surface area contributed by atoms with Crippen LogP contribution in [-0.4, -0.2) is 43.5 Å². The second kappa shape index (κ2) is 8.33. The third-order valence-electron chi connectivity index (χ3n) is 4.21. The summed E-state index contributed by atoms with van der Waals surface area (Å²) in [6, 6.07) is 5.16. The van der Waals surface area contributed by atoms with Crippen molar-refractivity contribution in [2.45, 2.75) is 25.6 Å². The molecule has 1 saturated heterocycles. The molecular weight excluding hydrogens is 337 g/mol. The summed E-state index contributed by atoms with van der Waals surface area (Å²) in [5.41, 5.74) is -0.734. The number of nitrogens with zero attached hydrogens (tertiary/aromatic N) is 1. The van der Waals surface area contributed by atoms with Crippen molar-refractivity contribution in [1.29, 1.82) is 0 Å². The first kappa shape index (κ1) is 19.2. The average molecular weight is 358 g/mol. The van der Waals surface area contributed by atoms with E-state index in [1.54, 1.807) is 4.90 Å². The Morgan fingerprint density at radius 3 is 2.76 bits per heavy atom. The molecule has 1 aromatic carbocycles. The number of nitrogens with one attached hydrogen (secondary N) is 1. The van der Waals surface area contributed by atoms with Crippen LogP contribution in [0.1, 0.15) is 24.0 Å². The van der Waals surface area contributed by atoms with Crippen LogP contribution in [0.2, 0.25) is 0 Å². The Morgan fingerprint density at radius 2 is 2.08 bits per heavy atom. The molecule has 0 aromatic heterocycles. The summed E-state index contributed by atoms with van der Waals surface area (Å²) >= 11 is 0. The molecule has 2 amide bonds. The van der Waals surface area contributed by atoms with Gasteiger partial charge in [0.2, 0.25) is 11.8 Å². The van der Waals surface area contributed by atoms with Gasteiger partial charge in [-0.15, -0.1) is 0 Å². The Morgan fingerprint density at radius 1 is 1.36 bits per heavy atom. The van der Waals surface area contributed by atoms with Crippen molar-refractivity contribution in [2.75, 3.05) is 26.8 Å². The van der Waals surface area contributed by atoms with Crippen LogP contribution in [0.3, 0.4) is 0 Å². The summed E-state index contributed by atoms with van der Waals surface area (Å²) < 4.78 is 43.9. The Labute approximate surface area is 144 Å². The van der Waals surface area contributed by atoms with E-state index >= 15 is 0 Å². The van der Waals surface area contributed by atoms with Crippen LogP contribution in [0.5, 0.6) is 0 Å². The summed E-state index contributed by atoms with van der Waals surface area (Å²) in [6.45, 7) is 0.834. The highest BCUT2D eigenvalue weighted by atomic mass is 19.4. The molecule has 0 saturated carbocycles. The van der Waals surface area contributed by atoms with Gasteiger partial charge >= 0.3 is 6.18 Å². The van der Waals surface area contributed by atoms with Gasteiger partial charge in [0.15, 0.2) is 0 Å². The van der Waals surface area contributed by atoms with Crippen molar-refractivity contribution in [2.24, 2.45) is 5.92 Å². The molecule has 0 radical (unpaired) electrons. The van der Waals surface area contributed by atoms with Gasteiger partial charge in [0, 0.05) is 33.2 Å². The van der Waals surface area contributed by atoms with Crippen LogP contribution >= 0.6 is 0 Å². The van der Waals surface area contributed by atoms with E-state index in [1.807, 2.05) is 0 Å². The van der Waals surface area contributed by atoms with E-state index in [-0.39, 0.29) is 36.9 Å². The molecule has 1 unspecified atom stereocenters. The van der Waals surface area contributed by atoms with Crippen LogP contribution < -0.4 is 5.32 Å². The maximum absolute atomic E-state index is 13.0. The molecular formula is C17H21F3N2O3. The number of halogens is 3. The number of carbonyl (C=O) groups is 2. The van der Waals surface area contributed by atoms with Crippen LogP contribution in [0.4, 0.5) is 13.2 Å². The highest BCUT2D eigenvalue weighted by molar-refractivity contribution is 5.83. The average Bonchev–Trinajstić information content (AvgIpc) is 2.58. The standard InChI is InChI=1S/C17H21F3N2O3/c1-25-9-8-22-11-13(6-7-15(22)23)16(24)21-10-12-4-2-3-5-14(12)17(18,19)20/h2-5,13H,6-11H2,1H3,(H,21,24). The van der Waals surface area contributed by atoms with E-state index < -0.39 is 17.7 Å². The Balaban J connectivity index is 1.96. The SMILES string of the molecule is COCCN1CC(C(=O)NCc2ccccc2C(F)(F)F)CCC1=O. The van der Waals surface area contributed by atoms with Crippen molar-refractivity contribution in [3.63, 3.8) is 0 Å². The van der Waals surface area contributed by atoms with Gasteiger partial charge in [-0.25, -0.2) is 0 Å². The zero-order valence-corrected chi connectivity index (χ0v) is 13.9. The molecule has 138 valence electrons. The van der Waals surface area contributed by atoms with E-state index in [1.165, 1.54) is 25.3 Å². The third kappa shape index (κ3) is 5.19. The van der Waals surface area contributed by atoms with Crippen molar-refractivity contribution < 1.29 is 27.5 Å². The molecule has 25 heavy (non-hydrogen) atoms. The van der Waals surface area contributed by atoms with Crippen molar-refractivity contribution >= 4 is 11.8 Å². The fourth-order valence-electron chi connectivity index (χ4n) is 2.82. The smallest absolute Gasteiger partial charge is 0.383 e. The minimum atomic E-state index is -4.46. The number of hydrogen-bond donors (Lipinski definition) is 1. The largest absolute Gasteiger partial charge is 0.416 e. The van der Waals surface area contributed by atoms with E-state index in [0.29, 0.717) is 19.6 Å². The maximum Gasteiger partial charge on any atom is 0.416 e. The number of ether oxygens (including phenoxy) is 1. The van der Waals surface area contributed by atoms with Gasteiger partial charge in [-0.05, 0) is 18.1 Å². The minimum Gasteiger partial charge on any atom is -0.383 e. The number of alkyl halides is 3. The number of piperidine rings is 1. The van der Waals surface area contributed by atoms with E-state index in [9.17, 15) is 22.8 Å². The number of hydrogen-bond acceptors (Lipinski definition) is 3. The zero-order chi connectivity index (χ0) is 18.4. The molecule has 0 spiro atoms. The molecule has 1 atom stereocenters. The Kier molecular flexibility index (Phi) is 6.41. The van der Waals surface area contributed by atoms with Gasteiger partial charge in [0.05, 0.1) is 18.1 Å². The fourth-order valence-corrected chi connectivity index (χ4v) is 2.82. The lowest BCUT2D eigenvalue weighted by Gasteiger charge is -2.31. The predicted octanol–water partition coefficient (Wildman–Crippen LogP) is 2.21. The van der Waals surface area contributed by atoms with Gasteiger partial charge in [-0.3, -0.25) is 9.59 Å². The third-order valence-corrected chi connectivity index (χ3v) is 4.21. The number of methoxy groups -OCH3 is 1. The summed E-state index contributed by atoms with van der Waals surface area (Å²) in [6.07, 6.45) is -3.81. The predicted molar refractivity (Wildman–Crippen MR) is 84.5 cm³/mol. The Hall–Kier alpha value is -2.09. The maximum atomic E-state index is 13.0. The quantitative estimate of drug-likeness (QED) is 0.848. The van der Waals surface area contributed by atoms with Crippen molar-refractivity contribution in [3.05, 3.63) is 35.4 Å². The van der Waals surface area contributed by atoms with Crippen molar-refractivity contribution in [1.82, 2.24) is 10.2 Å². The first-order chi connectivity index (χ1) is 11.8. The normalized spacial score (nSPS) is 18.3. The van der Waals surface area contributed by atoms with E-state index in [0.717, 1.165) is 6.07 Å². The number of rotatable bonds is 6. The summed E-state index contributed by atoms with van der Waals surface area (Å²) in [5.74, 6) is -0.803. The first-order valence-corrected chi connectivity index (χ1v) is 8.02. The number of benzene rings is 1. The fraction of sp³-hybridized carbons (Fsp3) is 0.529. The minimum absolute atomic E-state index is 0.0199. The monoisotopic (exact) mass is 358 g/mol. The van der Waals surface area contributed by atoms with Crippen LogP contribution in [0, 0.1) is 5.92 Å². The molecule has 1 aromatic rings. The molecule has 1 aliphatic heterocycles. The van der Waals surface area contributed by atoms with Gasteiger partial charge in [-0.2, -0.15) is 13.2 Å². The highest BCUT2D eigenvalue weighted by Gasteiger charge is 2.33. The molecule has 1 fully saturated rings. The lowest BCUT2D eigenvalue weighted by Crippen LogP contribution is -2.46. The Bertz CT molecular complexity index is 619. The second-order valence-corrected chi connectivity index (χ2v) is 5.94. The highest BCUT2D eigenvalue weighted by Crippen LogP contribution is 2.31. The van der Waals surface area contributed by atoms with Crippen molar-refractivity contribution in [3.8, 4) is 0 Å². The molecule has 1 aliphatic rings. The molecule has 2 rings (SSSR count). The van der Waals surface area contributed by atoms with Gasteiger partial charge in [0.1, 0.15) is 0 Å². The first-order valence-electron chi connectivity index (χ1n) is 8.02. The molecule has 0 bridgehead atoms. The van der Waals surface area contributed by atoms with Crippen LogP contribution in [0.25, 0.3) is 0 Å². The lowest BCUT2D eigenvalue weighted by molar-refractivity contribution is -0.140. The van der Waals surface area contributed by atoms with Crippen LogP contribution in [-0.2, 0) is 27.0 Å². The molecule has 0 aliphatic carbocycles. The molecule has 8 heteroatoms. The summed E-state index contributed by atoms with van der Waals surface area (Å²) in [7, 11) is 1.52.